The van der Waals surface area contributed by atoms with E-state index in [4.69, 9.17) is 9.97 Å². The smallest absolute Gasteiger partial charge is 0.111 e. The zero-order chi connectivity index (χ0) is 18.0. The van der Waals surface area contributed by atoms with Crippen molar-refractivity contribution >= 4 is 22.1 Å². The molecule has 0 amide bonds. The van der Waals surface area contributed by atoms with Crippen molar-refractivity contribution in [1.82, 2.24) is 19.1 Å². The lowest BCUT2D eigenvalue weighted by Gasteiger charge is -2.16. The fourth-order valence-electron chi connectivity index (χ4n) is 4.16. The third-order valence-electron chi connectivity index (χ3n) is 6.00. The first-order valence-corrected chi connectivity index (χ1v) is 9.44. The second-order valence-corrected chi connectivity index (χ2v) is 7.71. The Kier molecular flexibility index (Phi) is 3.27. The lowest BCUT2D eigenvalue weighted by atomic mass is 10.1. The van der Waals surface area contributed by atoms with Crippen molar-refractivity contribution in [2.24, 2.45) is 0 Å². The van der Waals surface area contributed by atoms with Gasteiger partial charge in [0, 0.05) is 25.9 Å². The summed E-state index contributed by atoms with van der Waals surface area (Å²) in [6.07, 6.45) is 1.89. The van der Waals surface area contributed by atoms with Gasteiger partial charge in [-0.2, -0.15) is 0 Å². The zero-order valence-electron chi connectivity index (χ0n) is 15.9. The average molecular weight is 344 g/mol. The molecule has 2 aromatic heterocycles. The zero-order valence-corrected chi connectivity index (χ0v) is 15.9. The number of hydrogen-bond donors (Lipinski definition) is 0. The van der Waals surface area contributed by atoms with Crippen LogP contribution in [0.25, 0.3) is 22.1 Å². The van der Waals surface area contributed by atoms with Gasteiger partial charge in [-0.3, -0.25) is 0 Å². The van der Waals surface area contributed by atoms with E-state index < -0.39 is 0 Å². The Morgan fingerprint density at radius 2 is 1.00 bits per heavy atom. The van der Waals surface area contributed by atoms with E-state index in [0.29, 0.717) is 0 Å². The van der Waals surface area contributed by atoms with Gasteiger partial charge in [-0.15, -0.1) is 0 Å². The van der Waals surface area contributed by atoms with E-state index in [9.17, 15) is 0 Å². The minimum absolute atomic E-state index is 0.940. The highest BCUT2D eigenvalue weighted by atomic mass is 15.1. The van der Waals surface area contributed by atoms with Crippen LogP contribution in [-0.4, -0.2) is 19.1 Å². The first-order valence-electron chi connectivity index (χ1n) is 9.44. The maximum absolute atomic E-state index is 4.96. The fourth-order valence-corrected chi connectivity index (χ4v) is 4.16. The maximum Gasteiger partial charge on any atom is 0.111 e. The number of rotatable bonds is 0. The van der Waals surface area contributed by atoms with Gasteiger partial charge in [-0.25, -0.2) is 9.97 Å². The highest BCUT2D eigenvalue weighted by molar-refractivity contribution is 5.79. The molecule has 1 aliphatic rings. The van der Waals surface area contributed by atoms with Crippen molar-refractivity contribution in [2.45, 2.75) is 53.6 Å². The summed E-state index contributed by atoms with van der Waals surface area (Å²) < 4.78 is 4.81. The number of aromatic nitrogens is 4. The molecule has 0 unspecified atom stereocenters. The van der Waals surface area contributed by atoms with Gasteiger partial charge in [-0.05, 0) is 74.2 Å². The number of nitrogens with zero attached hydrogens (tertiary/aromatic N) is 4. The van der Waals surface area contributed by atoms with Crippen molar-refractivity contribution in [1.29, 1.82) is 0 Å². The second kappa shape index (κ2) is 5.44. The summed E-state index contributed by atoms with van der Waals surface area (Å²) in [7, 11) is 0. The van der Waals surface area contributed by atoms with Crippen LogP contribution >= 0.6 is 0 Å². The van der Waals surface area contributed by atoms with E-state index in [2.05, 4.69) is 61.1 Å². The number of aryl methyl sites for hydroxylation is 8. The topological polar surface area (TPSA) is 35.6 Å². The van der Waals surface area contributed by atoms with Gasteiger partial charge in [0.25, 0.3) is 0 Å². The molecule has 0 spiro atoms. The number of fused-ring (bicyclic) bond motifs is 6. The molecule has 0 bridgehead atoms. The Bertz CT molecular complexity index is 1080. The molecule has 2 aromatic carbocycles. The lowest BCUT2D eigenvalue weighted by Crippen LogP contribution is -2.17. The predicted octanol–water partition coefficient (Wildman–Crippen LogP) is 4.42. The molecule has 0 N–H and O–H groups in total. The Balaban J connectivity index is 1.63. The number of imidazole rings is 2. The summed E-state index contributed by atoms with van der Waals surface area (Å²) in [5.41, 5.74) is 10.1. The predicted molar refractivity (Wildman–Crippen MR) is 106 cm³/mol. The van der Waals surface area contributed by atoms with Crippen LogP contribution < -0.4 is 0 Å². The van der Waals surface area contributed by atoms with Crippen LogP contribution in [0.1, 0.15) is 33.9 Å². The summed E-state index contributed by atoms with van der Waals surface area (Å²) >= 11 is 0. The molecule has 132 valence electrons. The van der Waals surface area contributed by atoms with E-state index in [-0.39, 0.29) is 0 Å². The van der Waals surface area contributed by atoms with Gasteiger partial charge in [0.2, 0.25) is 0 Å². The molecule has 0 saturated heterocycles. The molecular weight excluding hydrogens is 320 g/mol. The number of hydrogen-bond acceptors (Lipinski definition) is 2. The molecule has 0 radical (unpaired) electrons. The van der Waals surface area contributed by atoms with Crippen LogP contribution in [0, 0.1) is 27.7 Å². The van der Waals surface area contributed by atoms with Gasteiger partial charge >= 0.3 is 0 Å². The van der Waals surface area contributed by atoms with E-state index in [1.54, 1.807) is 0 Å². The molecule has 0 atom stereocenters. The van der Waals surface area contributed by atoms with Gasteiger partial charge in [0.1, 0.15) is 11.6 Å². The van der Waals surface area contributed by atoms with Crippen LogP contribution in [0.5, 0.6) is 0 Å². The molecule has 4 nitrogen and oxygen atoms in total. The standard InChI is InChI=1S/C22H24N4/c1-13-9-17-19(11-15(13)3)25-7-6-22-24-18-10-14(2)16(4)12-20(18)26(22)8-5-21(25)23-17/h9-12H,5-8H2,1-4H3. The van der Waals surface area contributed by atoms with Gasteiger partial charge in [0.05, 0.1) is 22.1 Å². The Labute approximate surface area is 153 Å². The largest absolute Gasteiger partial charge is 0.327 e. The molecule has 0 fully saturated rings. The van der Waals surface area contributed by atoms with Crippen LogP contribution in [0.15, 0.2) is 24.3 Å². The van der Waals surface area contributed by atoms with E-state index >= 15 is 0 Å². The third kappa shape index (κ3) is 2.21. The quantitative estimate of drug-likeness (QED) is 0.473. The van der Waals surface area contributed by atoms with Gasteiger partial charge in [0.15, 0.2) is 0 Å². The van der Waals surface area contributed by atoms with Gasteiger partial charge in [-0.1, -0.05) is 0 Å². The van der Waals surface area contributed by atoms with E-state index in [0.717, 1.165) is 37.0 Å². The molecule has 3 heterocycles. The van der Waals surface area contributed by atoms with Crippen molar-refractivity contribution in [3.8, 4) is 0 Å². The monoisotopic (exact) mass is 344 g/mol. The second-order valence-electron chi connectivity index (χ2n) is 7.71. The molecular formula is C22H24N4. The Morgan fingerprint density at radius 3 is 1.42 bits per heavy atom. The summed E-state index contributed by atoms with van der Waals surface area (Å²) in [6, 6.07) is 9.03. The molecule has 0 saturated carbocycles. The van der Waals surface area contributed by atoms with Crippen molar-refractivity contribution in [3.63, 3.8) is 0 Å². The van der Waals surface area contributed by atoms with Crippen molar-refractivity contribution in [3.05, 3.63) is 58.2 Å². The van der Waals surface area contributed by atoms with Crippen LogP contribution in [0.2, 0.25) is 0 Å². The molecule has 26 heavy (non-hydrogen) atoms. The summed E-state index contributed by atoms with van der Waals surface area (Å²) in [4.78, 5) is 9.91. The minimum atomic E-state index is 0.940. The van der Waals surface area contributed by atoms with Crippen LogP contribution in [-0.2, 0) is 25.9 Å². The summed E-state index contributed by atoms with van der Waals surface area (Å²) in [5, 5.41) is 0. The van der Waals surface area contributed by atoms with Crippen molar-refractivity contribution < 1.29 is 0 Å². The Hall–Kier alpha value is -2.62. The molecule has 4 heteroatoms. The van der Waals surface area contributed by atoms with E-state index in [1.807, 2.05) is 0 Å². The van der Waals surface area contributed by atoms with Crippen molar-refractivity contribution in [2.75, 3.05) is 0 Å². The molecule has 1 aliphatic heterocycles. The fraction of sp³-hybridized carbons (Fsp3) is 0.364. The lowest BCUT2D eigenvalue weighted by molar-refractivity contribution is 0.554. The Morgan fingerprint density at radius 1 is 0.615 bits per heavy atom. The normalized spacial score (nSPS) is 14.3. The molecule has 0 aliphatic carbocycles. The highest BCUT2D eigenvalue weighted by Gasteiger charge is 2.19. The maximum atomic E-state index is 4.96. The summed E-state index contributed by atoms with van der Waals surface area (Å²) in [5.74, 6) is 2.39. The minimum Gasteiger partial charge on any atom is -0.327 e. The van der Waals surface area contributed by atoms with Gasteiger partial charge < -0.3 is 9.13 Å². The first-order chi connectivity index (χ1) is 12.5. The third-order valence-corrected chi connectivity index (χ3v) is 6.00. The van der Waals surface area contributed by atoms with Crippen LogP contribution in [0.3, 0.4) is 0 Å². The van der Waals surface area contributed by atoms with Crippen LogP contribution in [0.4, 0.5) is 0 Å². The molecule has 4 aromatic rings. The highest BCUT2D eigenvalue weighted by Crippen LogP contribution is 2.26. The van der Waals surface area contributed by atoms with E-state index in [1.165, 1.54) is 44.9 Å². The summed E-state index contributed by atoms with van der Waals surface area (Å²) in [6.45, 7) is 10.6. The average Bonchev–Trinajstić information content (AvgIpc) is 3.07. The number of benzene rings is 2. The first kappa shape index (κ1) is 15.6. The SMILES string of the molecule is Cc1cc2nc3n(c2cc1C)CCc1nc2cc(C)c(C)cc2n1CC3. The molecule has 5 rings (SSSR count).